The van der Waals surface area contributed by atoms with Crippen LogP contribution in [-0.4, -0.2) is 22.4 Å². The number of aromatic amines is 1. The largest absolute Gasteiger partial charge is 0.324 e. The second-order valence-corrected chi connectivity index (χ2v) is 6.17. The molecule has 0 bridgehead atoms. The second-order valence-electron chi connectivity index (χ2n) is 6.17. The maximum Gasteiger partial charge on any atom is 0.266 e. The number of aromatic nitrogens is 2. The average Bonchev–Trinajstić information content (AvgIpc) is 3.26. The normalized spacial score (nSPS) is 21.2. The van der Waals surface area contributed by atoms with Crippen LogP contribution in [0, 0.1) is 11.7 Å². The molecule has 126 valence electrons. The van der Waals surface area contributed by atoms with Gasteiger partial charge in [-0.1, -0.05) is 0 Å². The number of alkyl halides is 2. The Morgan fingerprint density at radius 1 is 1.29 bits per heavy atom. The van der Waals surface area contributed by atoms with E-state index in [0.29, 0.717) is 17.0 Å². The van der Waals surface area contributed by atoms with E-state index in [9.17, 15) is 13.2 Å². The van der Waals surface area contributed by atoms with Crippen LogP contribution in [0.1, 0.15) is 24.8 Å². The van der Waals surface area contributed by atoms with Gasteiger partial charge in [-0.3, -0.25) is 10.1 Å². The summed E-state index contributed by atoms with van der Waals surface area (Å²) < 4.78 is 40.3. The summed E-state index contributed by atoms with van der Waals surface area (Å²) in [4.78, 5) is 6.22. The predicted molar refractivity (Wildman–Crippen MR) is 82.2 cm³/mol. The van der Waals surface area contributed by atoms with E-state index in [2.05, 4.69) is 15.2 Å². The summed E-state index contributed by atoms with van der Waals surface area (Å²) in [5, 5.41) is 7.15. The Bertz CT molecular complexity index is 861. The first-order valence-corrected chi connectivity index (χ1v) is 7.75. The summed E-state index contributed by atoms with van der Waals surface area (Å²) in [6.45, 7) is 0. The van der Waals surface area contributed by atoms with Crippen molar-refractivity contribution in [2.24, 2.45) is 16.6 Å². The van der Waals surface area contributed by atoms with Crippen LogP contribution in [-0.2, 0) is 0 Å². The summed E-state index contributed by atoms with van der Waals surface area (Å²) in [5.41, 5.74) is 5.91. The fourth-order valence-corrected chi connectivity index (χ4v) is 3.08. The number of rotatable bonds is 4. The van der Waals surface area contributed by atoms with E-state index < -0.39 is 24.0 Å². The zero-order valence-corrected chi connectivity index (χ0v) is 12.7. The van der Waals surface area contributed by atoms with Gasteiger partial charge >= 0.3 is 0 Å². The molecule has 0 saturated heterocycles. The minimum atomic E-state index is -2.80. The highest BCUT2D eigenvalue weighted by Crippen LogP contribution is 2.35. The molecule has 0 amide bonds. The van der Waals surface area contributed by atoms with Crippen LogP contribution in [0.15, 0.2) is 29.4 Å². The molecule has 1 aromatic carbocycles. The molecule has 8 heteroatoms. The van der Waals surface area contributed by atoms with Gasteiger partial charge in [0.25, 0.3) is 6.43 Å². The quantitative estimate of drug-likeness (QED) is 0.888. The van der Waals surface area contributed by atoms with Gasteiger partial charge in [0.1, 0.15) is 17.8 Å². The molecule has 1 saturated carbocycles. The van der Waals surface area contributed by atoms with Crippen LogP contribution in [0.5, 0.6) is 0 Å². The molecular weight excluding hydrogens is 319 g/mol. The van der Waals surface area contributed by atoms with Crippen molar-refractivity contribution < 1.29 is 13.2 Å². The third-order valence-corrected chi connectivity index (χ3v) is 4.47. The molecule has 1 aromatic heterocycles. The standard InChI is InChI=1S/C16H16F3N5/c17-10-5-9-7-24(12-3-4-21-23-12)16(13(20)8-1-2-8)22-14(9)11(6-10)15(18)19/h3-8,13,15-16H,1-2,20H2,(H,21,23)/t13?,16-/m0/s1. The number of H-pyrrole nitrogens is 1. The molecule has 0 spiro atoms. The Hall–Kier alpha value is -2.35. The minimum absolute atomic E-state index is 0.114. The lowest BCUT2D eigenvalue weighted by Crippen LogP contribution is -2.52. The summed E-state index contributed by atoms with van der Waals surface area (Å²) in [6.07, 6.45) is 1.85. The number of hydrogen-bond acceptors (Lipinski definition) is 4. The van der Waals surface area contributed by atoms with Crippen LogP contribution in [0.3, 0.4) is 0 Å². The van der Waals surface area contributed by atoms with Gasteiger partial charge in [-0.25, -0.2) is 13.2 Å². The van der Waals surface area contributed by atoms with Gasteiger partial charge in [-0.2, -0.15) is 5.10 Å². The van der Waals surface area contributed by atoms with Gasteiger partial charge in [0.2, 0.25) is 0 Å². The highest BCUT2D eigenvalue weighted by Gasteiger charge is 2.38. The highest BCUT2D eigenvalue weighted by atomic mass is 19.3. The van der Waals surface area contributed by atoms with E-state index >= 15 is 0 Å². The molecule has 1 unspecified atom stereocenters. The Morgan fingerprint density at radius 2 is 2.08 bits per heavy atom. The zero-order chi connectivity index (χ0) is 16.8. The number of nitrogens with one attached hydrogen (secondary N) is 1. The summed E-state index contributed by atoms with van der Waals surface area (Å²) in [7, 11) is 0. The smallest absolute Gasteiger partial charge is 0.266 e. The number of nitrogens with two attached hydrogens (primary N) is 1. The van der Waals surface area contributed by atoms with E-state index in [0.717, 1.165) is 18.9 Å². The Morgan fingerprint density at radius 3 is 2.71 bits per heavy atom. The first-order chi connectivity index (χ1) is 11.5. The van der Waals surface area contributed by atoms with Crippen molar-refractivity contribution in [3.8, 4) is 0 Å². The van der Waals surface area contributed by atoms with Crippen molar-refractivity contribution in [2.75, 3.05) is 4.90 Å². The number of anilines is 1. The number of benzene rings is 1. The predicted octanol–water partition coefficient (Wildman–Crippen LogP) is 1.43. The van der Waals surface area contributed by atoms with Crippen molar-refractivity contribution in [1.29, 1.82) is 0 Å². The van der Waals surface area contributed by atoms with Gasteiger partial charge in [-0.05, 0) is 30.9 Å². The summed E-state index contributed by atoms with van der Waals surface area (Å²) >= 11 is 0. The lowest BCUT2D eigenvalue weighted by molar-refractivity contribution is 0.149. The lowest BCUT2D eigenvalue weighted by Gasteiger charge is -2.33. The Balaban J connectivity index is 1.91. The number of hydrogen-bond donors (Lipinski definition) is 2. The number of halogens is 3. The molecular formula is C16H16F3N5. The molecule has 4 rings (SSSR count). The van der Waals surface area contributed by atoms with Gasteiger partial charge in [0, 0.05) is 29.1 Å². The molecule has 3 N–H and O–H groups in total. The van der Waals surface area contributed by atoms with E-state index in [-0.39, 0.29) is 11.4 Å². The molecule has 5 nitrogen and oxygen atoms in total. The van der Waals surface area contributed by atoms with Crippen molar-refractivity contribution in [3.05, 3.63) is 46.4 Å². The molecule has 2 aliphatic rings. The fourth-order valence-electron chi connectivity index (χ4n) is 3.08. The molecule has 0 radical (unpaired) electrons. The maximum atomic E-state index is 13.7. The number of nitrogens with zero attached hydrogens (tertiary/aromatic N) is 3. The van der Waals surface area contributed by atoms with Crippen LogP contribution in [0.2, 0.25) is 0 Å². The molecule has 2 atom stereocenters. The molecule has 24 heavy (non-hydrogen) atoms. The van der Waals surface area contributed by atoms with Crippen LogP contribution < -0.4 is 21.2 Å². The molecule has 1 fully saturated rings. The monoisotopic (exact) mass is 335 g/mol. The summed E-state index contributed by atoms with van der Waals surface area (Å²) in [6, 6.07) is 3.48. The van der Waals surface area contributed by atoms with Crippen molar-refractivity contribution in [3.63, 3.8) is 0 Å². The van der Waals surface area contributed by atoms with Crippen molar-refractivity contribution in [1.82, 2.24) is 10.2 Å². The van der Waals surface area contributed by atoms with Gasteiger partial charge in [0.15, 0.2) is 0 Å². The van der Waals surface area contributed by atoms with Crippen molar-refractivity contribution in [2.45, 2.75) is 31.5 Å². The van der Waals surface area contributed by atoms with Gasteiger partial charge in [0.05, 0.1) is 11.6 Å². The first kappa shape index (κ1) is 15.2. The van der Waals surface area contributed by atoms with Crippen LogP contribution >= 0.6 is 0 Å². The topological polar surface area (TPSA) is 70.3 Å². The molecule has 2 aromatic rings. The van der Waals surface area contributed by atoms with Crippen LogP contribution in [0.4, 0.5) is 19.0 Å². The van der Waals surface area contributed by atoms with E-state index in [1.54, 1.807) is 23.4 Å². The lowest BCUT2D eigenvalue weighted by atomic mass is 10.1. The average molecular weight is 335 g/mol. The van der Waals surface area contributed by atoms with E-state index in [4.69, 9.17) is 5.73 Å². The number of fused-ring (bicyclic) bond motifs is 1. The van der Waals surface area contributed by atoms with Gasteiger partial charge < -0.3 is 10.6 Å². The van der Waals surface area contributed by atoms with Crippen LogP contribution in [0.25, 0.3) is 6.20 Å². The third-order valence-electron chi connectivity index (χ3n) is 4.47. The van der Waals surface area contributed by atoms with E-state index in [1.165, 1.54) is 6.07 Å². The Labute approximate surface area is 135 Å². The molecule has 1 aliphatic heterocycles. The fraction of sp³-hybridized carbons (Fsp3) is 0.375. The second kappa shape index (κ2) is 5.62. The Kier molecular flexibility index (Phi) is 3.56. The van der Waals surface area contributed by atoms with Crippen molar-refractivity contribution >= 4 is 12.0 Å². The molecule has 2 heterocycles. The van der Waals surface area contributed by atoms with Gasteiger partial charge in [-0.15, -0.1) is 0 Å². The summed E-state index contributed by atoms with van der Waals surface area (Å²) in [5.74, 6) is 0.230. The minimum Gasteiger partial charge on any atom is -0.324 e. The highest BCUT2D eigenvalue weighted by molar-refractivity contribution is 5.56. The van der Waals surface area contributed by atoms with E-state index in [1.807, 2.05) is 0 Å². The SMILES string of the molecule is NC(C1CC1)[C@H]1N=c2c(C(F)F)cc(F)cc2=CN1c1ccn[nH]1. The first-order valence-electron chi connectivity index (χ1n) is 7.75. The maximum absolute atomic E-state index is 13.7. The zero-order valence-electron chi connectivity index (χ0n) is 12.7. The third kappa shape index (κ3) is 2.56. The molecule has 1 aliphatic carbocycles.